The third-order valence-corrected chi connectivity index (χ3v) is 4.19. The normalized spacial score (nSPS) is 21.0. The molecule has 0 radical (unpaired) electrons. The van der Waals surface area contributed by atoms with Crippen LogP contribution in [0.2, 0.25) is 0 Å². The minimum Gasteiger partial charge on any atom is -0.450 e. The number of aromatic nitrogens is 3. The third kappa shape index (κ3) is 4.22. The number of nitrogens with one attached hydrogen (secondary N) is 1. The maximum absolute atomic E-state index is 11.7. The SMILES string of the molecule is CCOC(=O)N1CCN(c2cnnc(NCC3CCCO3)n2)CC1. The van der Waals surface area contributed by atoms with Crippen LogP contribution in [0.25, 0.3) is 0 Å². The molecule has 3 rings (SSSR count). The second-order valence-corrected chi connectivity index (χ2v) is 5.83. The second kappa shape index (κ2) is 8.09. The molecule has 0 aliphatic carbocycles. The van der Waals surface area contributed by atoms with E-state index in [4.69, 9.17) is 9.47 Å². The lowest BCUT2D eigenvalue weighted by molar-refractivity contribution is 0.105. The molecule has 9 nitrogen and oxygen atoms in total. The topological polar surface area (TPSA) is 92.7 Å². The van der Waals surface area contributed by atoms with Crippen molar-refractivity contribution in [3.05, 3.63) is 6.20 Å². The van der Waals surface area contributed by atoms with Crippen molar-refractivity contribution in [3.63, 3.8) is 0 Å². The third-order valence-electron chi connectivity index (χ3n) is 4.19. The van der Waals surface area contributed by atoms with Gasteiger partial charge in [-0.25, -0.2) is 4.79 Å². The Balaban J connectivity index is 1.52. The van der Waals surface area contributed by atoms with Crippen molar-refractivity contribution >= 4 is 17.9 Å². The van der Waals surface area contributed by atoms with Crippen molar-refractivity contribution < 1.29 is 14.3 Å². The van der Waals surface area contributed by atoms with Crippen LogP contribution in [0, 0.1) is 0 Å². The zero-order valence-electron chi connectivity index (χ0n) is 14.0. The van der Waals surface area contributed by atoms with Crippen LogP contribution in [0.5, 0.6) is 0 Å². The summed E-state index contributed by atoms with van der Waals surface area (Å²) < 4.78 is 10.6. The van der Waals surface area contributed by atoms with E-state index in [0.29, 0.717) is 45.3 Å². The molecule has 9 heteroatoms. The zero-order valence-corrected chi connectivity index (χ0v) is 14.0. The largest absolute Gasteiger partial charge is 0.450 e. The van der Waals surface area contributed by atoms with E-state index in [1.807, 2.05) is 6.92 Å². The summed E-state index contributed by atoms with van der Waals surface area (Å²) in [6.45, 7) is 6.35. The number of anilines is 2. The van der Waals surface area contributed by atoms with Crippen LogP contribution in [0.3, 0.4) is 0 Å². The van der Waals surface area contributed by atoms with E-state index >= 15 is 0 Å². The lowest BCUT2D eigenvalue weighted by Gasteiger charge is -2.34. The molecular formula is C15H24N6O3. The van der Waals surface area contributed by atoms with Crippen LogP contribution in [-0.4, -0.2) is 78.2 Å². The smallest absolute Gasteiger partial charge is 0.409 e. The standard InChI is InChI=1S/C15H24N6O3/c1-2-23-15(22)21-7-5-20(6-8-21)13-11-17-19-14(18-13)16-10-12-4-3-9-24-12/h11-12H,2-10H2,1H3,(H,16,18,19). The molecule has 1 amide bonds. The lowest BCUT2D eigenvalue weighted by atomic mass is 10.2. The van der Waals surface area contributed by atoms with Crippen molar-refractivity contribution in [2.24, 2.45) is 0 Å². The molecule has 2 fully saturated rings. The first kappa shape index (κ1) is 16.7. The summed E-state index contributed by atoms with van der Waals surface area (Å²) in [6.07, 6.45) is 3.80. The first-order chi connectivity index (χ1) is 11.8. The molecule has 0 aromatic carbocycles. The predicted octanol–water partition coefficient (Wildman–Crippen LogP) is 0.741. The average Bonchev–Trinajstić information content (AvgIpc) is 3.14. The van der Waals surface area contributed by atoms with Gasteiger partial charge >= 0.3 is 6.09 Å². The maximum atomic E-state index is 11.7. The van der Waals surface area contributed by atoms with E-state index in [2.05, 4.69) is 25.4 Å². The van der Waals surface area contributed by atoms with Gasteiger partial charge in [0.25, 0.3) is 0 Å². The summed E-state index contributed by atoms with van der Waals surface area (Å²) in [5.41, 5.74) is 0. The molecule has 0 saturated carbocycles. The fourth-order valence-corrected chi connectivity index (χ4v) is 2.87. The summed E-state index contributed by atoms with van der Waals surface area (Å²) >= 11 is 0. The molecule has 3 heterocycles. The van der Waals surface area contributed by atoms with Gasteiger partial charge in [-0.15, -0.1) is 5.10 Å². The van der Waals surface area contributed by atoms with Gasteiger partial charge in [0, 0.05) is 39.3 Å². The number of nitrogens with zero attached hydrogens (tertiary/aromatic N) is 5. The highest BCUT2D eigenvalue weighted by Crippen LogP contribution is 2.15. The highest BCUT2D eigenvalue weighted by Gasteiger charge is 2.23. The number of ether oxygens (including phenoxy) is 2. The molecule has 1 aromatic rings. The Morgan fingerprint density at radius 3 is 2.96 bits per heavy atom. The number of carbonyl (C=O) groups excluding carboxylic acids is 1. The van der Waals surface area contributed by atoms with Crippen molar-refractivity contribution in [1.82, 2.24) is 20.1 Å². The molecule has 0 bridgehead atoms. The van der Waals surface area contributed by atoms with E-state index in [9.17, 15) is 4.79 Å². The van der Waals surface area contributed by atoms with Gasteiger partial charge in [0.05, 0.1) is 18.9 Å². The monoisotopic (exact) mass is 336 g/mol. The van der Waals surface area contributed by atoms with Gasteiger partial charge in [-0.1, -0.05) is 0 Å². The molecule has 2 aliphatic rings. The van der Waals surface area contributed by atoms with Crippen LogP contribution >= 0.6 is 0 Å². The Hall–Kier alpha value is -2.16. The van der Waals surface area contributed by atoms with Crippen molar-refractivity contribution in [2.45, 2.75) is 25.9 Å². The second-order valence-electron chi connectivity index (χ2n) is 5.83. The van der Waals surface area contributed by atoms with Gasteiger partial charge in [-0.2, -0.15) is 10.1 Å². The number of amides is 1. The van der Waals surface area contributed by atoms with Crippen molar-refractivity contribution in [1.29, 1.82) is 0 Å². The van der Waals surface area contributed by atoms with Gasteiger partial charge in [0.1, 0.15) is 0 Å². The number of hydrogen-bond donors (Lipinski definition) is 1. The molecule has 1 atom stereocenters. The van der Waals surface area contributed by atoms with Crippen molar-refractivity contribution in [3.8, 4) is 0 Å². The number of carbonyl (C=O) groups is 1. The Morgan fingerprint density at radius 2 is 2.25 bits per heavy atom. The van der Waals surface area contributed by atoms with Crippen molar-refractivity contribution in [2.75, 3.05) is 56.2 Å². The minimum atomic E-state index is -0.253. The van der Waals surface area contributed by atoms with Gasteiger partial charge in [-0.3, -0.25) is 0 Å². The predicted molar refractivity (Wildman–Crippen MR) is 88.1 cm³/mol. The molecule has 2 aliphatic heterocycles. The zero-order chi connectivity index (χ0) is 16.8. The highest BCUT2D eigenvalue weighted by atomic mass is 16.6. The fraction of sp³-hybridized carbons (Fsp3) is 0.733. The molecule has 1 aromatic heterocycles. The van der Waals surface area contributed by atoms with Crippen LogP contribution in [0.4, 0.5) is 16.6 Å². The number of rotatable bonds is 5. The Labute approximate surface area is 141 Å². The molecular weight excluding hydrogens is 312 g/mol. The Bertz CT molecular complexity index is 544. The molecule has 24 heavy (non-hydrogen) atoms. The highest BCUT2D eigenvalue weighted by molar-refractivity contribution is 5.68. The summed E-state index contributed by atoms with van der Waals surface area (Å²) in [6, 6.07) is 0. The van der Waals surface area contributed by atoms with Crippen LogP contribution < -0.4 is 10.2 Å². The summed E-state index contributed by atoms with van der Waals surface area (Å²) in [5.74, 6) is 1.28. The Morgan fingerprint density at radius 1 is 1.42 bits per heavy atom. The minimum absolute atomic E-state index is 0.227. The van der Waals surface area contributed by atoms with Crippen LogP contribution in [-0.2, 0) is 9.47 Å². The van der Waals surface area contributed by atoms with Crippen LogP contribution in [0.15, 0.2) is 6.20 Å². The van der Waals surface area contributed by atoms with Gasteiger partial charge in [0.2, 0.25) is 5.95 Å². The van der Waals surface area contributed by atoms with E-state index in [0.717, 1.165) is 25.3 Å². The molecule has 1 unspecified atom stereocenters. The van der Waals surface area contributed by atoms with E-state index in [1.54, 1.807) is 11.1 Å². The molecule has 2 saturated heterocycles. The maximum Gasteiger partial charge on any atom is 0.409 e. The van der Waals surface area contributed by atoms with E-state index < -0.39 is 0 Å². The fourth-order valence-electron chi connectivity index (χ4n) is 2.87. The number of hydrogen-bond acceptors (Lipinski definition) is 8. The first-order valence-corrected chi connectivity index (χ1v) is 8.48. The van der Waals surface area contributed by atoms with E-state index in [1.165, 1.54) is 0 Å². The van der Waals surface area contributed by atoms with E-state index in [-0.39, 0.29) is 12.2 Å². The van der Waals surface area contributed by atoms with Crippen LogP contribution in [0.1, 0.15) is 19.8 Å². The van der Waals surface area contributed by atoms with Gasteiger partial charge in [-0.05, 0) is 19.8 Å². The first-order valence-electron chi connectivity index (χ1n) is 8.48. The number of piperazine rings is 1. The quantitative estimate of drug-likeness (QED) is 0.842. The van der Waals surface area contributed by atoms with Gasteiger partial charge < -0.3 is 24.6 Å². The summed E-state index contributed by atoms with van der Waals surface area (Å²) in [5, 5.41) is 11.2. The van der Waals surface area contributed by atoms with Gasteiger partial charge in [0.15, 0.2) is 5.82 Å². The lowest BCUT2D eigenvalue weighted by Crippen LogP contribution is -2.49. The summed E-state index contributed by atoms with van der Waals surface area (Å²) in [4.78, 5) is 20.1. The molecule has 0 spiro atoms. The molecule has 1 N–H and O–H groups in total. The average molecular weight is 336 g/mol. The molecule has 132 valence electrons. The Kier molecular flexibility index (Phi) is 5.63. The summed E-state index contributed by atoms with van der Waals surface area (Å²) in [7, 11) is 0.